The first-order valence-corrected chi connectivity index (χ1v) is 6.71. The molecule has 0 radical (unpaired) electrons. The Morgan fingerprint density at radius 2 is 2.09 bits per heavy atom. The molecular formula is C16H13FN2O3. The van der Waals surface area contributed by atoms with Gasteiger partial charge in [0.1, 0.15) is 17.5 Å². The highest BCUT2D eigenvalue weighted by atomic mass is 19.1. The van der Waals surface area contributed by atoms with Gasteiger partial charge in [0.25, 0.3) is 0 Å². The highest BCUT2D eigenvalue weighted by Crippen LogP contribution is 2.29. The van der Waals surface area contributed by atoms with E-state index in [-0.39, 0.29) is 5.90 Å². The lowest BCUT2D eigenvalue weighted by Gasteiger charge is -2.24. The van der Waals surface area contributed by atoms with Gasteiger partial charge in [0, 0.05) is 5.69 Å². The maximum absolute atomic E-state index is 13.2. The first-order chi connectivity index (χ1) is 10.7. The van der Waals surface area contributed by atoms with Crippen LogP contribution in [0.5, 0.6) is 5.75 Å². The molecule has 2 N–H and O–H groups in total. The van der Waals surface area contributed by atoms with Crippen LogP contribution >= 0.6 is 0 Å². The SMILES string of the molecule is O=C(Nc1cccc(F)c1)[C@@H]1Cc2ccccc2O/C1=N/O. The Labute approximate surface area is 126 Å². The van der Waals surface area contributed by atoms with Gasteiger partial charge in [0.15, 0.2) is 0 Å². The van der Waals surface area contributed by atoms with Crippen LogP contribution in [0.25, 0.3) is 0 Å². The van der Waals surface area contributed by atoms with Crippen molar-refractivity contribution in [1.29, 1.82) is 0 Å². The Morgan fingerprint density at radius 1 is 1.27 bits per heavy atom. The van der Waals surface area contributed by atoms with E-state index in [9.17, 15) is 9.18 Å². The highest BCUT2D eigenvalue weighted by molar-refractivity contribution is 6.07. The number of amides is 1. The number of hydrogen-bond donors (Lipinski definition) is 2. The van der Waals surface area contributed by atoms with Gasteiger partial charge in [-0.3, -0.25) is 4.79 Å². The first kappa shape index (κ1) is 14.1. The predicted octanol–water partition coefficient (Wildman–Crippen LogP) is 2.80. The summed E-state index contributed by atoms with van der Waals surface area (Å²) in [6.07, 6.45) is 0.344. The zero-order valence-electron chi connectivity index (χ0n) is 11.5. The van der Waals surface area contributed by atoms with Gasteiger partial charge in [-0.05, 0) is 36.2 Å². The Bertz CT molecular complexity index is 746. The molecule has 0 bridgehead atoms. The Hall–Kier alpha value is -2.89. The normalized spacial score (nSPS) is 18.4. The van der Waals surface area contributed by atoms with Gasteiger partial charge in [-0.1, -0.05) is 29.4 Å². The predicted molar refractivity (Wildman–Crippen MR) is 78.5 cm³/mol. The van der Waals surface area contributed by atoms with Crippen molar-refractivity contribution in [3.8, 4) is 5.75 Å². The van der Waals surface area contributed by atoms with Crippen molar-refractivity contribution in [3.63, 3.8) is 0 Å². The number of benzene rings is 2. The van der Waals surface area contributed by atoms with Crippen LogP contribution < -0.4 is 10.1 Å². The minimum atomic E-state index is -0.775. The van der Waals surface area contributed by atoms with Crippen molar-refractivity contribution in [2.45, 2.75) is 6.42 Å². The van der Waals surface area contributed by atoms with E-state index >= 15 is 0 Å². The molecule has 0 spiro atoms. The quantitative estimate of drug-likeness (QED) is 0.662. The number of para-hydroxylation sites is 1. The lowest BCUT2D eigenvalue weighted by atomic mass is 9.95. The summed E-state index contributed by atoms with van der Waals surface area (Å²) in [5, 5.41) is 14.7. The summed E-state index contributed by atoms with van der Waals surface area (Å²) in [4.78, 5) is 12.4. The number of ether oxygens (including phenoxy) is 1. The molecule has 1 heterocycles. The van der Waals surface area contributed by atoms with Gasteiger partial charge >= 0.3 is 0 Å². The number of nitrogens with one attached hydrogen (secondary N) is 1. The molecular weight excluding hydrogens is 287 g/mol. The summed E-state index contributed by atoms with van der Waals surface area (Å²) < 4.78 is 18.6. The molecule has 1 aliphatic heterocycles. The largest absolute Gasteiger partial charge is 0.439 e. The highest BCUT2D eigenvalue weighted by Gasteiger charge is 2.33. The number of carbonyl (C=O) groups is 1. The number of fused-ring (bicyclic) bond motifs is 1. The zero-order chi connectivity index (χ0) is 15.5. The molecule has 2 aromatic rings. The third-order valence-electron chi connectivity index (χ3n) is 3.42. The molecule has 1 atom stereocenters. The third-order valence-corrected chi connectivity index (χ3v) is 3.42. The minimum Gasteiger partial charge on any atom is -0.439 e. The summed E-state index contributed by atoms with van der Waals surface area (Å²) in [5.74, 6) is -1.16. The number of carbonyl (C=O) groups excluding carboxylic acids is 1. The number of oxime groups is 1. The molecule has 112 valence electrons. The monoisotopic (exact) mass is 300 g/mol. The maximum atomic E-state index is 13.2. The van der Waals surface area contributed by atoms with E-state index in [4.69, 9.17) is 9.94 Å². The maximum Gasteiger partial charge on any atom is 0.243 e. The van der Waals surface area contributed by atoms with Crippen LogP contribution in [-0.4, -0.2) is 17.0 Å². The number of anilines is 1. The fourth-order valence-electron chi connectivity index (χ4n) is 2.35. The van der Waals surface area contributed by atoms with Crippen LogP contribution in [0.1, 0.15) is 5.56 Å². The number of hydrogen-bond acceptors (Lipinski definition) is 4. The van der Waals surface area contributed by atoms with Crippen molar-refractivity contribution >= 4 is 17.5 Å². The van der Waals surface area contributed by atoms with Gasteiger partial charge < -0.3 is 15.3 Å². The molecule has 0 saturated heterocycles. The second-order valence-electron chi connectivity index (χ2n) is 4.90. The lowest BCUT2D eigenvalue weighted by molar-refractivity contribution is -0.118. The first-order valence-electron chi connectivity index (χ1n) is 6.71. The Kier molecular flexibility index (Phi) is 3.74. The van der Waals surface area contributed by atoms with Crippen molar-refractivity contribution in [2.24, 2.45) is 11.1 Å². The van der Waals surface area contributed by atoms with E-state index in [2.05, 4.69) is 10.5 Å². The van der Waals surface area contributed by atoms with Crippen LogP contribution in [0.15, 0.2) is 53.7 Å². The molecule has 0 aromatic heterocycles. The molecule has 3 rings (SSSR count). The van der Waals surface area contributed by atoms with E-state index < -0.39 is 17.6 Å². The second kappa shape index (κ2) is 5.85. The molecule has 1 aliphatic rings. The van der Waals surface area contributed by atoms with E-state index in [1.54, 1.807) is 18.2 Å². The molecule has 0 aliphatic carbocycles. The standard InChI is InChI=1S/C16H13FN2O3/c17-11-5-3-6-12(9-11)18-15(20)13-8-10-4-1-2-7-14(10)22-16(13)19-21/h1-7,9,13,21H,8H2,(H,18,20)/b19-16+/t13-/m0/s1. The van der Waals surface area contributed by atoms with Gasteiger partial charge in [-0.15, -0.1) is 0 Å². The van der Waals surface area contributed by atoms with Crippen LogP contribution in [0.3, 0.4) is 0 Å². The molecule has 22 heavy (non-hydrogen) atoms. The fourth-order valence-corrected chi connectivity index (χ4v) is 2.35. The molecule has 2 aromatic carbocycles. The average molecular weight is 300 g/mol. The van der Waals surface area contributed by atoms with Crippen LogP contribution in [0, 0.1) is 11.7 Å². The van der Waals surface area contributed by atoms with Crippen molar-refractivity contribution < 1.29 is 19.1 Å². The van der Waals surface area contributed by atoms with Gasteiger partial charge in [-0.2, -0.15) is 0 Å². The smallest absolute Gasteiger partial charge is 0.243 e. The second-order valence-corrected chi connectivity index (χ2v) is 4.90. The summed E-state index contributed by atoms with van der Waals surface area (Å²) in [6.45, 7) is 0. The average Bonchev–Trinajstić information content (AvgIpc) is 2.53. The lowest BCUT2D eigenvalue weighted by Crippen LogP contribution is -2.37. The van der Waals surface area contributed by atoms with Gasteiger partial charge in [0.05, 0.1) is 0 Å². The summed E-state index contributed by atoms with van der Waals surface area (Å²) in [5.41, 5.74) is 1.18. The number of rotatable bonds is 2. The Balaban J connectivity index is 1.82. The van der Waals surface area contributed by atoms with E-state index in [1.165, 1.54) is 18.2 Å². The van der Waals surface area contributed by atoms with Crippen LogP contribution in [-0.2, 0) is 11.2 Å². The van der Waals surface area contributed by atoms with Gasteiger partial charge in [0.2, 0.25) is 11.8 Å². The summed E-state index contributed by atoms with van der Waals surface area (Å²) in [7, 11) is 0. The summed E-state index contributed by atoms with van der Waals surface area (Å²) >= 11 is 0. The van der Waals surface area contributed by atoms with Crippen LogP contribution in [0.4, 0.5) is 10.1 Å². The van der Waals surface area contributed by atoms with Crippen molar-refractivity contribution in [3.05, 3.63) is 59.9 Å². The Morgan fingerprint density at radius 3 is 2.86 bits per heavy atom. The summed E-state index contributed by atoms with van der Waals surface area (Å²) in [6, 6.07) is 12.8. The molecule has 0 saturated carbocycles. The number of nitrogens with zero attached hydrogens (tertiary/aromatic N) is 1. The molecule has 1 amide bonds. The van der Waals surface area contributed by atoms with Crippen molar-refractivity contribution in [2.75, 3.05) is 5.32 Å². The molecule has 6 heteroatoms. The van der Waals surface area contributed by atoms with E-state index in [0.29, 0.717) is 17.9 Å². The fraction of sp³-hybridized carbons (Fsp3) is 0.125. The third kappa shape index (κ3) is 2.76. The minimum absolute atomic E-state index is 0.0763. The number of halogens is 1. The van der Waals surface area contributed by atoms with Crippen molar-refractivity contribution in [1.82, 2.24) is 0 Å². The van der Waals surface area contributed by atoms with E-state index in [1.807, 2.05) is 12.1 Å². The topological polar surface area (TPSA) is 70.9 Å². The molecule has 0 fully saturated rings. The van der Waals surface area contributed by atoms with E-state index in [0.717, 1.165) is 5.56 Å². The molecule has 5 nitrogen and oxygen atoms in total. The van der Waals surface area contributed by atoms with Crippen LogP contribution in [0.2, 0.25) is 0 Å². The molecule has 0 unspecified atom stereocenters. The zero-order valence-corrected chi connectivity index (χ0v) is 11.5. The van der Waals surface area contributed by atoms with Gasteiger partial charge in [-0.25, -0.2) is 4.39 Å².